The van der Waals surface area contributed by atoms with Gasteiger partial charge in [-0.05, 0) is 30.5 Å². The average Bonchev–Trinajstić information content (AvgIpc) is 3.10. The fourth-order valence-electron chi connectivity index (χ4n) is 2.91. The summed E-state index contributed by atoms with van der Waals surface area (Å²) in [5.41, 5.74) is 1.14. The molecule has 20 heavy (non-hydrogen) atoms. The van der Waals surface area contributed by atoms with Gasteiger partial charge in [-0.15, -0.1) is 0 Å². The van der Waals surface area contributed by atoms with Gasteiger partial charge >= 0.3 is 0 Å². The smallest absolute Gasteiger partial charge is 0.235 e. The Morgan fingerprint density at radius 2 is 1.95 bits per heavy atom. The zero-order valence-electron chi connectivity index (χ0n) is 10.9. The van der Waals surface area contributed by atoms with E-state index in [9.17, 15) is 4.79 Å². The molecule has 5 heteroatoms. The number of rotatable bonds is 3. The van der Waals surface area contributed by atoms with Crippen molar-refractivity contribution >= 4 is 23.2 Å². The Labute approximate surface area is 122 Å². The molecule has 1 aliphatic carbocycles. The van der Waals surface area contributed by atoms with Gasteiger partial charge in [0, 0.05) is 5.02 Å². The van der Waals surface area contributed by atoms with Crippen LogP contribution in [0, 0.1) is 0 Å². The number of benzene rings is 1. The first-order chi connectivity index (χ1) is 9.71. The van der Waals surface area contributed by atoms with Crippen LogP contribution in [-0.2, 0) is 10.2 Å². The van der Waals surface area contributed by atoms with Gasteiger partial charge in [0.2, 0.25) is 5.91 Å². The normalized spacial score (nSPS) is 17.1. The predicted molar refractivity (Wildman–Crippen MR) is 76.7 cm³/mol. The molecular formula is C15H15ClN2O2. The fraction of sp³-hybridized carbons (Fsp3) is 0.333. The molecule has 2 aromatic rings. The van der Waals surface area contributed by atoms with E-state index in [2.05, 4.69) is 10.5 Å². The van der Waals surface area contributed by atoms with Crippen molar-refractivity contribution in [2.75, 3.05) is 5.32 Å². The zero-order chi connectivity index (χ0) is 14.0. The summed E-state index contributed by atoms with van der Waals surface area (Å²) in [7, 11) is 0. The van der Waals surface area contributed by atoms with Crippen LogP contribution in [-0.4, -0.2) is 11.1 Å². The maximum atomic E-state index is 12.7. The van der Waals surface area contributed by atoms with Gasteiger partial charge in [-0.1, -0.05) is 41.7 Å². The average molecular weight is 291 g/mol. The van der Waals surface area contributed by atoms with Gasteiger partial charge in [0.05, 0.1) is 11.6 Å². The van der Waals surface area contributed by atoms with Crippen LogP contribution in [0.2, 0.25) is 5.02 Å². The second-order valence-electron chi connectivity index (χ2n) is 5.16. The van der Waals surface area contributed by atoms with Crippen LogP contribution in [0.25, 0.3) is 0 Å². The van der Waals surface area contributed by atoms with Crippen LogP contribution in [0.15, 0.2) is 41.2 Å². The SMILES string of the molecule is O=C(Nc1cnoc1)C1(c2ccc(Cl)cc2)CCCC1. The highest BCUT2D eigenvalue weighted by Gasteiger charge is 2.42. The molecule has 1 fully saturated rings. The molecule has 1 aromatic carbocycles. The lowest BCUT2D eigenvalue weighted by Crippen LogP contribution is -2.37. The van der Waals surface area contributed by atoms with Gasteiger partial charge in [-0.3, -0.25) is 4.79 Å². The van der Waals surface area contributed by atoms with Crippen LogP contribution in [0.3, 0.4) is 0 Å². The number of carbonyl (C=O) groups is 1. The Kier molecular flexibility index (Phi) is 3.49. The van der Waals surface area contributed by atoms with E-state index in [0.29, 0.717) is 10.7 Å². The molecule has 1 aromatic heterocycles. The van der Waals surface area contributed by atoms with E-state index in [4.69, 9.17) is 16.1 Å². The Balaban J connectivity index is 1.91. The number of amides is 1. The second kappa shape index (κ2) is 5.29. The minimum Gasteiger partial charge on any atom is -0.363 e. The van der Waals surface area contributed by atoms with E-state index >= 15 is 0 Å². The molecule has 0 aliphatic heterocycles. The number of nitrogens with zero attached hydrogens (tertiary/aromatic N) is 1. The van der Waals surface area contributed by atoms with Crippen LogP contribution < -0.4 is 5.32 Å². The highest BCUT2D eigenvalue weighted by Crippen LogP contribution is 2.42. The van der Waals surface area contributed by atoms with Gasteiger partial charge in [0.1, 0.15) is 12.0 Å². The van der Waals surface area contributed by atoms with Crippen LogP contribution >= 0.6 is 11.6 Å². The largest absolute Gasteiger partial charge is 0.363 e. The molecule has 1 N–H and O–H groups in total. The molecule has 1 aliphatic rings. The second-order valence-corrected chi connectivity index (χ2v) is 5.60. The number of aromatic nitrogens is 1. The first kappa shape index (κ1) is 13.2. The summed E-state index contributed by atoms with van der Waals surface area (Å²) >= 11 is 5.94. The Morgan fingerprint density at radius 1 is 1.25 bits per heavy atom. The third kappa shape index (κ3) is 2.31. The Morgan fingerprint density at radius 3 is 2.55 bits per heavy atom. The molecule has 1 amide bonds. The topological polar surface area (TPSA) is 55.1 Å². The Hall–Kier alpha value is -1.81. The third-order valence-corrected chi connectivity index (χ3v) is 4.23. The lowest BCUT2D eigenvalue weighted by atomic mass is 9.78. The van der Waals surface area contributed by atoms with Crippen molar-refractivity contribution in [3.05, 3.63) is 47.3 Å². The number of halogens is 1. The zero-order valence-corrected chi connectivity index (χ0v) is 11.7. The molecule has 3 rings (SSSR count). The van der Waals surface area contributed by atoms with Crippen molar-refractivity contribution in [2.45, 2.75) is 31.1 Å². The molecule has 0 atom stereocenters. The molecule has 0 saturated heterocycles. The van der Waals surface area contributed by atoms with Gasteiger partial charge in [0.25, 0.3) is 0 Å². The van der Waals surface area contributed by atoms with Crippen molar-refractivity contribution < 1.29 is 9.32 Å². The predicted octanol–water partition coefficient (Wildman–Crippen LogP) is 3.78. The number of hydrogen-bond donors (Lipinski definition) is 1. The highest BCUT2D eigenvalue weighted by molar-refractivity contribution is 6.30. The fourth-order valence-corrected chi connectivity index (χ4v) is 3.04. The molecule has 104 valence electrons. The van der Waals surface area contributed by atoms with Crippen LogP contribution in [0.1, 0.15) is 31.2 Å². The maximum Gasteiger partial charge on any atom is 0.235 e. The van der Waals surface area contributed by atoms with E-state index in [1.807, 2.05) is 24.3 Å². The molecule has 0 spiro atoms. The molecule has 1 saturated carbocycles. The monoisotopic (exact) mass is 290 g/mol. The minimum absolute atomic E-state index is 0.000484. The van der Waals surface area contributed by atoms with Gasteiger partial charge in [0.15, 0.2) is 0 Å². The summed E-state index contributed by atoms with van der Waals surface area (Å²) in [5, 5.41) is 7.17. The van der Waals surface area contributed by atoms with E-state index in [0.717, 1.165) is 31.2 Å². The minimum atomic E-state index is -0.470. The highest BCUT2D eigenvalue weighted by atomic mass is 35.5. The summed E-state index contributed by atoms with van der Waals surface area (Å²) in [5.74, 6) is 0.000484. The first-order valence-electron chi connectivity index (χ1n) is 6.68. The van der Waals surface area contributed by atoms with Gasteiger partial charge < -0.3 is 9.84 Å². The molecule has 0 bridgehead atoms. The van der Waals surface area contributed by atoms with E-state index in [-0.39, 0.29) is 5.91 Å². The molecule has 0 unspecified atom stereocenters. The van der Waals surface area contributed by atoms with Crippen LogP contribution in [0.4, 0.5) is 5.69 Å². The lowest BCUT2D eigenvalue weighted by Gasteiger charge is -2.28. The van der Waals surface area contributed by atoms with Crippen molar-refractivity contribution in [3.63, 3.8) is 0 Å². The quantitative estimate of drug-likeness (QED) is 0.936. The molecule has 0 radical (unpaired) electrons. The number of hydrogen-bond acceptors (Lipinski definition) is 3. The van der Waals surface area contributed by atoms with E-state index in [1.54, 1.807) is 0 Å². The van der Waals surface area contributed by atoms with Crippen molar-refractivity contribution in [3.8, 4) is 0 Å². The molecular weight excluding hydrogens is 276 g/mol. The lowest BCUT2D eigenvalue weighted by molar-refractivity contribution is -0.121. The van der Waals surface area contributed by atoms with Crippen molar-refractivity contribution in [1.29, 1.82) is 0 Å². The maximum absolute atomic E-state index is 12.7. The summed E-state index contributed by atoms with van der Waals surface area (Å²) in [4.78, 5) is 12.7. The van der Waals surface area contributed by atoms with Gasteiger partial charge in [-0.2, -0.15) is 0 Å². The van der Waals surface area contributed by atoms with E-state index < -0.39 is 5.41 Å². The summed E-state index contributed by atoms with van der Waals surface area (Å²) in [6, 6.07) is 7.56. The molecule has 1 heterocycles. The number of nitrogens with one attached hydrogen (secondary N) is 1. The van der Waals surface area contributed by atoms with Crippen molar-refractivity contribution in [1.82, 2.24) is 5.16 Å². The summed E-state index contributed by atoms with van der Waals surface area (Å²) in [6.45, 7) is 0. The third-order valence-electron chi connectivity index (χ3n) is 3.98. The first-order valence-corrected chi connectivity index (χ1v) is 7.05. The van der Waals surface area contributed by atoms with Crippen molar-refractivity contribution in [2.24, 2.45) is 0 Å². The summed E-state index contributed by atoms with van der Waals surface area (Å²) < 4.78 is 4.75. The van der Waals surface area contributed by atoms with Crippen LogP contribution in [0.5, 0.6) is 0 Å². The number of carbonyl (C=O) groups excluding carboxylic acids is 1. The van der Waals surface area contributed by atoms with Gasteiger partial charge in [-0.25, -0.2) is 0 Å². The standard InChI is InChI=1S/C15H15ClN2O2/c16-12-5-3-11(4-6-12)15(7-1-2-8-15)14(19)18-13-9-17-20-10-13/h3-6,9-10H,1-2,7-8H2,(H,18,19). The Bertz CT molecular complexity index is 587. The molecule has 4 nitrogen and oxygen atoms in total. The van der Waals surface area contributed by atoms with E-state index in [1.165, 1.54) is 12.5 Å². The number of anilines is 1. The summed E-state index contributed by atoms with van der Waals surface area (Å²) in [6.07, 6.45) is 6.75.